The van der Waals surface area contributed by atoms with E-state index in [1.54, 1.807) is 0 Å². The van der Waals surface area contributed by atoms with E-state index in [-0.39, 0.29) is 17.4 Å². The molecule has 2 rings (SSSR count). The minimum atomic E-state index is -0.333. The fourth-order valence-electron chi connectivity index (χ4n) is 4.14. The Kier molecular flexibility index (Phi) is 3.48. The summed E-state index contributed by atoms with van der Waals surface area (Å²) in [7, 11) is 0. The van der Waals surface area contributed by atoms with Crippen molar-refractivity contribution in [1.82, 2.24) is 5.32 Å². The number of amides is 1. The number of fused-ring (bicyclic) bond motifs is 2. The van der Waals surface area contributed by atoms with Crippen LogP contribution in [-0.2, 0) is 4.79 Å². The Labute approximate surface area is 111 Å². The van der Waals surface area contributed by atoms with Crippen LogP contribution >= 0.6 is 0 Å². The van der Waals surface area contributed by atoms with Gasteiger partial charge in [0.15, 0.2) is 0 Å². The standard InChI is InChI=1S/C15H28N2O/c1-5-6-11(16)13(18)17-12-9-10-7-8-15(12,4)14(10,2)3/h10-12H,5-9,16H2,1-4H3,(H,17,18). The molecule has 2 aliphatic carbocycles. The van der Waals surface area contributed by atoms with Gasteiger partial charge in [0, 0.05) is 6.04 Å². The van der Waals surface area contributed by atoms with Crippen LogP contribution in [0.25, 0.3) is 0 Å². The lowest BCUT2D eigenvalue weighted by Crippen LogP contribution is -2.51. The largest absolute Gasteiger partial charge is 0.351 e. The first-order chi connectivity index (χ1) is 8.33. The molecule has 4 atom stereocenters. The van der Waals surface area contributed by atoms with Crippen molar-refractivity contribution in [3.63, 3.8) is 0 Å². The summed E-state index contributed by atoms with van der Waals surface area (Å²) in [5.41, 5.74) is 6.50. The molecule has 3 N–H and O–H groups in total. The second-order valence-corrected chi connectivity index (χ2v) is 7.07. The molecule has 1 amide bonds. The highest BCUT2D eigenvalue weighted by Crippen LogP contribution is 2.65. The molecule has 2 fully saturated rings. The SMILES string of the molecule is CCCC(N)C(=O)NC1CC2CCC1(C)C2(C)C. The van der Waals surface area contributed by atoms with Crippen molar-refractivity contribution in [3.8, 4) is 0 Å². The smallest absolute Gasteiger partial charge is 0.237 e. The van der Waals surface area contributed by atoms with Crippen molar-refractivity contribution in [2.75, 3.05) is 0 Å². The van der Waals surface area contributed by atoms with E-state index in [9.17, 15) is 4.79 Å². The molecule has 0 aromatic rings. The summed E-state index contributed by atoms with van der Waals surface area (Å²) < 4.78 is 0. The van der Waals surface area contributed by atoms with Crippen LogP contribution in [0.2, 0.25) is 0 Å². The fraction of sp³-hybridized carbons (Fsp3) is 0.933. The van der Waals surface area contributed by atoms with Crippen molar-refractivity contribution < 1.29 is 4.79 Å². The molecule has 4 unspecified atom stereocenters. The highest BCUT2D eigenvalue weighted by Gasteiger charge is 2.61. The lowest BCUT2D eigenvalue weighted by Gasteiger charge is -2.39. The maximum Gasteiger partial charge on any atom is 0.237 e. The summed E-state index contributed by atoms with van der Waals surface area (Å²) in [6.45, 7) is 9.14. The number of nitrogens with one attached hydrogen (secondary N) is 1. The minimum absolute atomic E-state index is 0.0476. The molecule has 18 heavy (non-hydrogen) atoms. The molecule has 0 aromatic carbocycles. The summed E-state index contributed by atoms with van der Waals surface area (Å²) in [6, 6.07) is -0.0116. The Morgan fingerprint density at radius 3 is 2.56 bits per heavy atom. The van der Waals surface area contributed by atoms with Crippen LogP contribution < -0.4 is 11.1 Å². The van der Waals surface area contributed by atoms with Gasteiger partial charge >= 0.3 is 0 Å². The molecule has 2 bridgehead atoms. The first-order valence-electron chi connectivity index (χ1n) is 7.39. The topological polar surface area (TPSA) is 55.1 Å². The molecule has 0 aromatic heterocycles. The van der Waals surface area contributed by atoms with Gasteiger partial charge in [0.25, 0.3) is 0 Å². The molecule has 2 saturated carbocycles. The van der Waals surface area contributed by atoms with E-state index in [0.717, 1.165) is 25.2 Å². The first kappa shape index (κ1) is 13.9. The van der Waals surface area contributed by atoms with Gasteiger partial charge in [-0.25, -0.2) is 0 Å². The summed E-state index contributed by atoms with van der Waals surface area (Å²) in [5.74, 6) is 0.807. The van der Waals surface area contributed by atoms with Crippen LogP contribution in [0.1, 0.15) is 59.8 Å². The van der Waals surface area contributed by atoms with Gasteiger partial charge in [-0.15, -0.1) is 0 Å². The van der Waals surface area contributed by atoms with E-state index >= 15 is 0 Å². The molecule has 104 valence electrons. The van der Waals surface area contributed by atoms with E-state index in [0.29, 0.717) is 11.5 Å². The van der Waals surface area contributed by atoms with Crippen molar-refractivity contribution in [3.05, 3.63) is 0 Å². The second kappa shape index (κ2) is 4.52. The summed E-state index contributed by atoms with van der Waals surface area (Å²) in [6.07, 6.45) is 5.43. The van der Waals surface area contributed by atoms with E-state index < -0.39 is 0 Å². The molecule has 2 aliphatic rings. The van der Waals surface area contributed by atoms with E-state index in [2.05, 4.69) is 33.0 Å². The van der Waals surface area contributed by atoms with Gasteiger partial charge in [-0.05, 0) is 42.4 Å². The number of hydrogen-bond acceptors (Lipinski definition) is 2. The van der Waals surface area contributed by atoms with E-state index in [1.807, 2.05) is 0 Å². The van der Waals surface area contributed by atoms with Crippen LogP contribution in [0.5, 0.6) is 0 Å². The van der Waals surface area contributed by atoms with Crippen LogP contribution in [0.15, 0.2) is 0 Å². The predicted octanol–water partition coefficient (Wildman–Crippen LogP) is 2.44. The van der Waals surface area contributed by atoms with Crippen molar-refractivity contribution in [2.45, 2.75) is 71.9 Å². The Hall–Kier alpha value is -0.570. The zero-order valence-electron chi connectivity index (χ0n) is 12.3. The van der Waals surface area contributed by atoms with E-state index in [4.69, 9.17) is 5.73 Å². The number of rotatable bonds is 4. The molecular weight excluding hydrogens is 224 g/mol. The van der Waals surface area contributed by atoms with Crippen molar-refractivity contribution >= 4 is 5.91 Å². The Bertz CT molecular complexity index is 339. The fourth-order valence-corrected chi connectivity index (χ4v) is 4.14. The third-order valence-corrected chi connectivity index (χ3v) is 6.05. The Balaban J connectivity index is 2.03. The van der Waals surface area contributed by atoms with Gasteiger partial charge < -0.3 is 11.1 Å². The first-order valence-corrected chi connectivity index (χ1v) is 7.39. The van der Waals surface area contributed by atoms with Gasteiger partial charge in [-0.3, -0.25) is 4.79 Å². The number of nitrogens with two attached hydrogens (primary N) is 1. The average molecular weight is 252 g/mol. The maximum atomic E-state index is 12.1. The maximum absolute atomic E-state index is 12.1. The van der Waals surface area contributed by atoms with Gasteiger partial charge in [0.2, 0.25) is 5.91 Å². The van der Waals surface area contributed by atoms with Crippen LogP contribution in [0, 0.1) is 16.7 Å². The lowest BCUT2D eigenvalue weighted by molar-refractivity contribution is -0.124. The third-order valence-electron chi connectivity index (χ3n) is 6.05. The van der Waals surface area contributed by atoms with Gasteiger partial charge in [-0.2, -0.15) is 0 Å². The summed E-state index contributed by atoms with van der Waals surface area (Å²) in [4.78, 5) is 12.1. The lowest BCUT2D eigenvalue weighted by atomic mass is 9.69. The molecule has 3 heteroatoms. The number of carbonyl (C=O) groups is 1. The van der Waals surface area contributed by atoms with Crippen molar-refractivity contribution in [2.24, 2.45) is 22.5 Å². The highest BCUT2D eigenvalue weighted by molar-refractivity contribution is 5.81. The van der Waals surface area contributed by atoms with E-state index in [1.165, 1.54) is 12.8 Å². The van der Waals surface area contributed by atoms with Crippen LogP contribution in [0.4, 0.5) is 0 Å². The monoisotopic (exact) mass is 252 g/mol. The summed E-state index contributed by atoms with van der Waals surface area (Å²) >= 11 is 0. The Morgan fingerprint density at radius 1 is 1.44 bits per heavy atom. The molecule has 0 saturated heterocycles. The number of hydrogen-bond donors (Lipinski definition) is 2. The highest BCUT2D eigenvalue weighted by atomic mass is 16.2. The zero-order valence-corrected chi connectivity index (χ0v) is 12.3. The molecule has 3 nitrogen and oxygen atoms in total. The van der Waals surface area contributed by atoms with Gasteiger partial charge in [-0.1, -0.05) is 34.1 Å². The molecule has 0 spiro atoms. The molecule has 0 heterocycles. The predicted molar refractivity (Wildman–Crippen MR) is 74.0 cm³/mol. The quantitative estimate of drug-likeness (QED) is 0.807. The summed E-state index contributed by atoms with van der Waals surface area (Å²) in [5, 5.41) is 3.23. The van der Waals surface area contributed by atoms with Crippen LogP contribution in [-0.4, -0.2) is 18.0 Å². The third kappa shape index (κ3) is 1.87. The van der Waals surface area contributed by atoms with Gasteiger partial charge in [0.05, 0.1) is 6.04 Å². The zero-order chi connectivity index (χ0) is 13.6. The molecular formula is C15H28N2O. The molecule has 0 radical (unpaired) electrons. The molecule has 0 aliphatic heterocycles. The van der Waals surface area contributed by atoms with Crippen molar-refractivity contribution in [1.29, 1.82) is 0 Å². The average Bonchev–Trinajstić information content (AvgIpc) is 2.62. The van der Waals surface area contributed by atoms with Gasteiger partial charge in [0.1, 0.15) is 0 Å². The second-order valence-electron chi connectivity index (χ2n) is 7.07. The normalized spacial score (nSPS) is 38.7. The minimum Gasteiger partial charge on any atom is -0.351 e. The number of carbonyl (C=O) groups excluding carboxylic acids is 1. The Morgan fingerprint density at radius 2 is 2.11 bits per heavy atom. The van der Waals surface area contributed by atoms with Crippen LogP contribution in [0.3, 0.4) is 0 Å².